The van der Waals surface area contributed by atoms with Crippen LogP contribution in [0.4, 0.5) is 0 Å². The van der Waals surface area contributed by atoms with E-state index in [0.717, 1.165) is 24.6 Å². The van der Waals surface area contributed by atoms with Crippen LogP contribution in [0, 0.1) is 5.92 Å². The molecule has 0 spiro atoms. The number of rotatable bonds is 6. The van der Waals surface area contributed by atoms with Gasteiger partial charge in [0.1, 0.15) is 12.2 Å². The van der Waals surface area contributed by atoms with Crippen molar-refractivity contribution in [2.24, 2.45) is 5.92 Å². The standard InChI is InChI=1S/C12H19N3O2/c16-12(17)7-8-15-9-13-14-11(15)6-5-10-3-1-2-4-10/h9-10H,1-8H2,(H,16,17). The van der Waals surface area contributed by atoms with Crippen molar-refractivity contribution in [1.82, 2.24) is 14.8 Å². The predicted octanol–water partition coefficient (Wildman–Crippen LogP) is 1.88. The molecule has 0 atom stereocenters. The van der Waals surface area contributed by atoms with Crippen LogP contribution in [0.15, 0.2) is 6.33 Å². The van der Waals surface area contributed by atoms with E-state index in [0.29, 0.717) is 6.54 Å². The predicted molar refractivity (Wildman–Crippen MR) is 62.6 cm³/mol. The summed E-state index contributed by atoms with van der Waals surface area (Å²) in [6.07, 6.45) is 9.23. The van der Waals surface area contributed by atoms with Gasteiger partial charge in [-0.1, -0.05) is 25.7 Å². The number of aliphatic carboxylic acids is 1. The summed E-state index contributed by atoms with van der Waals surface area (Å²) in [5.41, 5.74) is 0. The van der Waals surface area contributed by atoms with Crippen molar-refractivity contribution in [3.05, 3.63) is 12.2 Å². The molecule has 5 nitrogen and oxygen atoms in total. The van der Waals surface area contributed by atoms with Crippen LogP contribution in [0.2, 0.25) is 0 Å². The Labute approximate surface area is 101 Å². The van der Waals surface area contributed by atoms with E-state index in [1.807, 2.05) is 4.57 Å². The van der Waals surface area contributed by atoms with Crippen LogP contribution in [0.5, 0.6) is 0 Å². The van der Waals surface area contributed by atoms with Gasteiger partial charge in [-0.05, 0) is 12.3 Å². The SMILES string of the molecule is O=C(O)CCn1cnnc1CCC1CCCC1. The van der Waals surface area contributed by atoms with Crippen LogP contribution < -0.4 is 0 Å². The molecule has 1 aromatic rings. The third kappa shape index (κ3) is 3.54. The number of nitrogens with zero attached hydrogens (tertiary/aromatic N) is 3. The van der Waals surface area contributed by atoms with Gasteiger partial charge in [0, 0.05) is 13.0 Å². The number of carboxylic acids is 1. The fraction of sp³-hybridized carbons (Fsp3) is 0.750. The van der Waals surface area contributed by atoms with Gasteiger partial charge in [-0.2, -0.15) is 0 Å². The summed E-state index contributed by atoms with van der Waals surface area (Å²) in [4.78, 5) is 10.5. The summed E-state index contributed by atoms with van der Waals surface area (Å²) in [5, 5.41) is 16.6. The van der Waals surface area contributed by atoms with Gasteiger partial charge in [0.25, 0.3) is 0 Å². The lowest BCUT2D eigenvalue weighted by Crippen LogP contribution is -2.08. The number of aromatic nitrogens is 3. The second kappa shape index (κ2) is 5.80. The average Bonchev–Trinajstić information content (AvgIpc) is 2.95. The Morgan fingerprint density at radius 3 is 2.94 bits per heavy atom. The number of aryl methyl sites for hydroxylation is 2. The van der Waals surface area contributed by atoms with Gasteiger partial charge in [-0.15, -0.1) is 10.2 Å². The zero-order valence-corrected chi connectivity index (χ0v) is 10.0. The zero-order chi connectivity index (χ0) is 12.1. The third-order valence-electron chi connectivity index (χ3n) is 3.51. The summed E-state index contributed by atoms with van der Waals surface area (Å²) in [6.45, 7) is 0.475. The summed E-state index contributed by atoms with van der Waals surface area (Å²) in [6, 6.07) is 0. The Bertz CT molecular complexity index is 370. The van der Waals surface area contributed by atoms with E-state index < -0.39 is 5.97 Å². The first-order valence-electron chi connectivity index (χ1n) is 6.34. The fourth-order valence-electron chi connectivity index (χ4n) is 2.51. The maximum absolute atomic E-state index is 10.5. The van der Waals surface area contributed by atoms with E-state index in [1.165, 1.54) is 25.7 Å². The van der Waals surface area contributed by atoms with Crippen molar-refractivity contribution in [1.29, 1.82) is 0 Å². The molecule has 1 heterocycles. The second-order valence-electron chi connectivity index (χ2n) is 4.77. The number of carbonyl (C=O) groups is 1. The largest absolute Gasteiger partial charge is 0.481 e. The van der Waals surface area contributed by atoms with Gasteiger partial charge in [0.15, 0.2) is 0 Å². The normalized spacial score (nSPS) is 16.5. The van der Waals surface area contributed by atoms with Crippen LogP contribution in [-0.2, 0) is 17.8 Å². The molecule has 1 fully saturated rings. The van der Waals surface area contributed by atoms with E-state index in [9.17, 15) is 4.79 Å². The van der Waals surface area contributed by atoms with Crippen molar-refractivity contribution in [3.63, 3.8) is 0 Å². The Hall–Kier alpha value is -1.39. The lowest BCUT2D eigenvalue weighted by Gasteiger charge is -2.09. The van der Waals surface area contributed by atoms with E-state index in [1.54, 1.807) is 6.33 Å². The number of hydrogen-bond donors (Lipinski definition) is 1. The fourth-order valence-corrected chi connectivity index (χ4v) is 2.51. The van der Waals surface area contributed by atoms with Gasteiger partial charge in [-0.25, -0.2) is 0 Å². The van der Waals surface area contributed by atoms with Crippen LogP contribution in [0.3, 0.4) is 0 Å². The zero-order valence-electron chi connectivity index (χ0n) is 10.0. The lowest BCUT2D eigenvalue weighted by atomic mass is 10.0. The molecule has 0 unspecified atom stereocenters. The number of hydrogen-bond acceptors (Lipinski definition) is 3. The molecule has 5 heteroatoms. The lowest BCUT2D eigenvalue weighted by molar-refractivity contribution is -0.137. The summed E-state index contributed by atoms with van der Waals surface area (Å²) >= 11 is 0. The smallest absolute Gasteiger partial charge is 0.305 e. The molecule has 17 heavy (non-hydrogen) atoms. The molecule has 1 aliphatic rings. The minimum absolute atomic E-state index is 0.133. The second-order valence-corrected chi connectivity index (χ2v) is 4.77. The highest BCUT2D eigenvalue weighted by atomic mass is 16.4. The Morgan fingerprint density at radius 2 is 2.24 bits per heavy atom. The molecule has 1 aliphatic carbocycles. The highest BCUT2D eigenvalue weighted by Gasteiger charge is 2.16. The van der Waals surface area contributed by atoms with Gasteiger partial charge < -0.3 is 9.67 Å². The quantitative estimate of drug-likeness (QED) is 0.820. The van der Waals surface area contributed by atoms with Crippen molar-refractivity contribution in [2.45, 2.75) is 51.5 Å². The average molecular weight is 237 g/mol. The van der Waals surface area contributed by atoms with Gasteiger partial charge in [0.2, 0.25) is 0 Å². The monoisotopic (exact) mass is 237 g/mol. The molecule has 1 N–H and O–H groups in total. The molecule has 0 aromatic carbocycles. The molecular formula is C12H19N3O2. The highest BCUT2D eigenvalue weighted by Crippen LogP contribution is 2.28. The minimum Gasteiger partial charge on any atom is -0.481 e. The van der Waals surface area contributed by atoms with Gasteiger partial charge in [0.05, 0.1) is 6.42 Å². The summed E-state index contributed by atoms with van der Waals surface area (Å²) in [5.74, 6) is 0.984. The molecule has 1 aromatic heterocycles. The first-order valence-corrected chi connectivity index (χ1v) is 6.34. The minimum atomic E-state index is -0.777. The molecular weight excluding hydrogens is 218 g/mol. The van der Waals surface area contributed by atoms with Crippen molar-refractivity contribution < 1.29 is 9.90 Å². The van der Waals surface area contributed by atoms with Crippen molar-refractivity contribution in [3.8, 4) is 0 Å². The molecule has 0 saturated heterocycles. The van der Waals surface area contributed by atoms with Crippen LogP contribution in [0.25, 0.3) is 0 Å². The Morgan fingerprint density at radius 1 is 1.47 bits per heavy atom. The van der Waals surface area contributed by atoms with Crippen LogP contribution in [-0.4, -0.2) is 25.8 Å². The molecule has 0 bridgehead atoms. The van der Waals surface area contributed by atoms with Crippen molar-refractivity contribution in [2.75, 3.05) is 0 Å². The van der Waals surface area contributed by atoms with E-state index in [-0.39, 0.29) is 6.42 Å². The molecule has 0 aliphatic heterocycles. The Balaban J connectivity index is 1.82. The maximum atomic E-state index is 10.5. The third-order valence-corrected chi connectivity index (χ3v) is 3.51. The van der Waals surface area contributed by atoms with Crippen LogP contribution >= 0.6 is 0 Å². The van der Waals surface area contributed by atoms with Gasteiger partial charge >= 0.3 is 5.97 Å². The summed E-state index contributed by atoms with van der Waals surface area (Å²) < 4.78 is 1.86. The Kier molecular flexibility index (Phi) is 4.12. The molecule has 1 saturated carbocycles. The molecule has 2 rings (SSSR count). The molecule has 0 amide bonds. The molecule has 94 valence electrons. The molecule has 0 radical (unpaired) electrons. The summed E-state index contributed by atoms with van der Waals surface area (Å²) in [7, 11) is 0. The van der Waals surface area contributed by atoms with Crippen LogP contribution in [0.1, 0.15) is 44.3 Å². The van der Waals surface area contributed by atoms with Crippen molar-refractivity contribution >= 4 is 5.97 Å². The number of carboxylic acid groups (broad SMARTS) is 1. The highest BCUT2D eigenvalue weighted by molar-refractivity contribution is 5.66. The first-order chi connectivity index (χ1) is 8.25. The van der Waals surface area contributed by atoms with E-state index in [2.05, 4.69) is 10.2 Å². The van der Waals surface area contributed by atoms with E-state index >= 15 is 0 Å². The maximum Gasteiger partial charge on any atom is 0.305 e. The van der Waals surface area contributed by atoms with Gasteiger partial charge in [-0.3, -0.25) is 4.79 Å². The topological polar surface area (TPSA) is 68.0 Å². The first kappa shape index (κ1) is 12.1. The van der Waals surface area contributed by atoms with E-state index in [4.69, 9.17) is 5.11 Å².